The first kappa shape index (κ1) is 26.2. The molecule has 0 saturated carbocycles. The Kier molecular flexibility index (Phi) is 49.5. The average Bonchev–Trinajstić information content (AvgIpc) is 2.42. The molecule has 0 saturated heterocycles. The zero-order chi connectivity index (χ0) is 14.5. The number of aliphatic imine (C=N–C) groups is 6. The third kappa shape index (κ3) is 61.5. The topological polar surface area (TPSA) is 74.2 Å². The van der Waals surface area contributed by atoms with E-state index in [2.05, 4.69) is 30.0 Å². The first-order valence-electron chi connectivity index (χ1n) is 5.23. The molecule has 7 heteroatoms. The van der Waals surface area contributed by atoms with E-state index in [0.29, 0.717) is 0 Å². The summed E-state index contributed by atoms with van der Waals surface area (Å²) in [7, 11) is 10.3. The summed E-state index contributed by atoms with van der Waals surface area (Å²) in [6, 6.07) is 0. The summed E-state index contributed by atoms with van der Waals surface area (Å²) < 4.78 is 0. The van der Waals surface area contributed by atoms with Crippen LogP contribution in [0.4, 0.5) is 0 Å². The van der Waals surface area contributed by atoms with E-state index in [1.807, 2.05) is 0 Å². The minimum absolute atomic E-state index is 0. The van der Waals surface area contributed by atoms with Gasteiger partial charge in [-0.3, -0.25) is 30.0 Å². The zero-order valence-corrected chi connectivity index (χ0v) is 13.6. The molecule has 0 bridgehead atoms. The summed E-state index contributed by atoms with van der Waals surface area (Å²) in [5.41, 5.74) is 0. The standard InChI is InChI=1S/3C4H8N2.Fe/c3*1-5-3-4-6-2;/h3*3-4H,1-2H3;. The second kappa shape index (κ2) is 36.0. The average molecular weight is 308 g/mol. The van der Waals surface area contributed by atoms with Crippen LogP contribution in [-0.4, -0.2) is 79.6 Å². The number of nitrogens with zero attached hydrogens (tertiary/aromatic N) is 6. The van der Waals surface area contributed by atoms with Crippen LogP contribution in [0.3, 0.4) is 0 Å². The van der Waals surface area contributed by atoms with E-state index < -0.39 is 0 Å². The SMILES string of the molecule is CN=CC=NC.CN=CC=NC.CN=CC=NC.[Fe]. The monoisotopic (exact) mass is 308 g/mol. The smallest absolute Gasteiger partial charge is 0.0387 e. The molecule has 0 radical (unpaired) electrons. The van der Waals surface area contributed by atoms with Crippen molar-refractivity contribution < 1.29 is 17.1 Å². The summed E-state index contributed by atoms with van der Waals surface area (Å²) >= 11 is 0. The third-order valence-electron chi connectivity index (χ3n) is 1.09. The number of hydrogen-bond acceptors (Lipinski definition) is 6. The van der Waals surface area contributed by atoms with Crippen molar-refractivity contribution in [3.63, 3.8) is 0 Å². The molecule has 110 valence electrons. The quantitative estimate of drug-likeness (QED) is 0.554. The Morgan fingerprint density at radius 2 is 0.474 bits per heavy atom. The Morgan fingerprint density at radius 1 is 0.368 bits per heavy atom. The van der Waals surface area contributed by atoms with Crippen LogP contribution in [0.2, 0.25) is 0 Å². The molecule has 0 aliphatic carbocycles. The minimum Gasteiger partial charge on any atom is -0.295 e. The van der Waals surface area contributed by atoms with Crippen molar-refractivity contribution in [2.75, 3.05) is 42.3 Å². The molecule has 0 aromatic rings. The molecule has 0 N–H and O–H groups in total. The van der Waals surface area contributed by atoms with Gasteiger partial charge in [-0.15, -0.1) is 0 Å². The molecule has 19 heavy (non-hydrogen) atoms. The van der Waals surface area contributed by atoms with Gasteiger partial charge in [-0.1, -0.05) is 0 Å². The summed E-state index contributed by atoms with van der Waals surface area (Å²) in [6.45, 7) is 0. The molecule has 0 rings (SSSR count). The molecule has 0 aliphatic heterocycles. The van der Waals surface area contributed by atoms with Gasteiger partial charge in [0.1, 0.15) is 0 Å². The molecule has 0 amide bonds. The van der Waals surface area contributed by atoms with Gasteiger partial charge in [-0.25, -0.2) is 0 Å². The van der Waals surface area contributed by atoms with Crippen LogP contribution in [0, 0.1) is 0 Å². The normalized spacial score (nSPS) is 11.1. The van der Waals surface area contributed by atoms with Gasteiger partial charge in [-0.05, 0) is 0 Å². The van der Waals surface area contributed by atoms with Crippen molar-refractivity contribution in [1.82, 2.24) is 0 Å². The molecule has 0 heterocycles. The van der Waals surface area contributed by atoms with Gasteiger partial charge in [0.25, 0.3) is 0 Å². The largest absolute Gasteiger partial charge is 0.295 e. The summed E-state index contributed by atoms with van der Waals surface area (Å²) in [5.74, 6) is 0. The predicted molar refractivity (Wildman–Crippen MR) is 86.5 cm³/mol. The van der Waals surface area contributed by atoms with Crippen LogP contribution < -0.4 is 0 Å². The van der Waals surface area contributed by atoms with Crippen LogP contribution in [0.5, 0.6) is 0 Å². The van der Waals surface area contributed by atoms with E-state index in [0.717, 1.165) is 0 Å². The maximum absolute atomic E-state index is 3.65. The van der Waals surface area contributed by atoms with Crippen LogP contribution >= 0.6 is 0 Å². The van der Waals surface area contributed by atoms with Gasteiger partial charge in [0.2, 0.25) is 0 Å². The Bertz CT molecular complexity index is 215. The number of hydrogen-bond donors (Lipinski definition) is 0. The van der Waals surface area contributed by atoms with Crippen molar-refractivity contribution in [1.29, 1.82) is 0 Å². The molecule has 0 aliphatic rings. The van der Waals surface area contributed by atoms with Gasteiger partial charge in [0, 0.05) is 96.6 Å². The molecule has 0 fully saturated rings. The van der Waals surface area contributed by atoms with E-state index in [9.17, 15) is 0 Å². The Morgan fingerprint density at radius 3 is 0.526 bits per heavy atom. The van der Waals surface area contributed by atoms with Crippen LogP contribution in [-0.2, 0) is 17.1 Å². The van der Waals surface area contributed by atoms with E-state index in [-0.39, 0.29) is 17.1 Å². The Labute approximate surface area is 127 Å². The molecular formula is C12H24FeN6. The molecule has 0 aromatic heterocycles. The summed E-state index contributed by atoms with van der Waals surface area (Å²) in [5, 5.41) is 0. The fourth-order valence-corrected chi connectivity index (χ4v) is 0.400. The van der Waals surface area contributed by atoms with Crippen molar-refractivity contribution in [2.45, 2.75) is 0 Å². The summed E-state index contributed by atoms with van der Waals surface area (Å²) in [6.07, 6.45) is 9.83. The van der Waals surface area contributed by atoms with Gasteiger partial charge in [0.05, 0.1) is 0 Å². The zero-order valence-electron chi connectivity index (χ0n) is 12.5. The Balaban J connectivity index is -0.0000000865. The van der Waals surface area contributed by atoms with Crippen LogP contribution in [0.1, 0.15) is 0 Å². The van der Waals surface area contributed by atoms with Crippen LogP contribution in [0.25, 0.3) is 0 Å². The molecule has 6 nitrogen and oxygen atoms in total. The fraction of sp³-hybridized carbons (Fsp3) is 0.500. The van der Waals surface area contributed by atoms with Gasteiger partial charge in [0.15, 0.2) is 0 Å². The molecule has 0 aromatic carbocycles. The van der Waals surface area contributed by atoms with Crippen molar-refractivity contribution in [3.8, 4) is 0 Å². The van der Waals surface area contributed by atoms with Crippen molar-refractivity contribution in [3.05, 3.63) is 0 Å². The maximum atomic E-state index is 3.65. The van der Waals surface area contributed by atoms with Crippen molar-refractivity contribution in [2.24, 2.45) is 30.0 Å². The minimum atomic E-state index is 0. The second-order valence-electron chi connectivity index (χ2n) is 2.44. The molecular weight excluding hydrogens is 284 g/mol. The van der Waals surface area contributed by atoms with E-state index in [4.69, 9.17) is 0 Å². The van der Waals surface area contributed by atoms with E-state index >= 15 is 0 Å². The van der Waals surface area contributed by atoms with Gasteiger partial charge >= 0.3 is 0 Å². The van der Waals surface area contributed by atoms with Gasteiger partial charge in [-0.2, -0.15) is 0 Å². The predicted octanol–water partition coefficient (Wildman–Crippen LogP) is 1.16. The molecule has 0 unspecified atom stereocenters. The fourth-order valence-electron chi connectivity index (χ4n) is 0.400. The first-order chi connectivity index (χ1) is 8.74. The molecule has 0 atom stereocenters. The van der Waals surface area contributed by atoms with Crippen LogP contribution in [0.15, 0.2) is 30.0 Å². The maximum Gasteiger partial charge on any atom is 0.0387 e. The first-order valence-corrected chi connectivity index (χ1v) is 5.23. The second-order valence-corrected chi connectivity index (χ2v) is 2.44. The third-order valence-corrected chi connectivity index (χ3v) is 1.09. The van der Waals surface area contributed by atoms with E-state index in [1.54, 1.807) is 79.6 Å². The number of rotatable bonds is 3. The molecule has 0 spiro atoms. The van der Waals surface area contributed by atoms with Crippen molar-refractivity contribution >= 4 is 37.3 Å². The summed E-state index contributed by atoms with van der Waals surface area (Å²) in [4.78, 5) is 21.9. The van der Waals surface area contributed by atoms with E-state index in [1.165, 1.54) is 0 Å². The Hall–Kier alpha value is -1.46. The van der Waals surface area contributed by atoms with Gasteiger partial charge < -0.3 is 0 Å².